The molecule has 0 aliphatic heterocycles. The molecule has 17 heavy (non-hydrogen) atoms. The zero-order valence-electron chi connectivity index (χ0n) is 8.52. The van der Waals surface area contributed by atoms with E-state index < -0.39 is 21.9 Å². The van der Waals surface area contributed by atoms with Crippen molar-refractivity contribution in [1.82, 2.24) is 0 Å². The van der Waals surface area contributed by atoms with Gasteiger partial charge in [-0.15, -0.1) is 0 Å². The van der Waals surface area contributed by atoms with Crippen molar-refractivity contribution in [1.29, 1.82) is 0 Å². The molecule has 0 N–H and O–H groups in total. The van der Waals surface area contributed by atoms with E-state index in [1.807, 2.05) is 0 Å². The predicted molar refractivity (Wildman–Crippen MR) is 53.8 cm³/mol. The van der Waals surface area contributed by atoms with Gasteiger partial charge in [0.25, 0.3) is 0 Å². The zero-order valence-corrected chi connectivity index (χ0v) is 9.34. The van der Waals surface area contributed by atoms with Gasteiger partial charge in [-0.05, 0) is 18.2 Å². The van der Waals surface area contributed by atoms with E-state index >= 15 is 0 Å². The standard InChI is InChI=1S/C9H7F3NO3S/c1-17(14,15)16-13-6-7-2-4-8(5-3-7)9(10,11)12/h2,4-6H,1H3/b13-6+. The predicted octanol–water partition coefficient (Wildman–Crippen LogP) is 1.82. The van der Waals surface area contributed by atoms with Crippen LogP contribution < -0.4 is 0 Å². The lowest BCUT2D eigenvalue weighted by Crippen LogP contribution is -2.04. The van der Waals surface area contributed by atoms with Gasteiger partial charge in [0, 0.05) is 5.56 Å². The van der Waals surface area contributed by atoms with Gasteiger partial charge in [-0.1, -0.05) is 11.2 Å². The van der Waals surface area contributed by atoms with Crippen LogP contribution in [0.15, 0.2) is 23.4 Å². The molecule has 1 rings (SSSR count). The number of hydrogen-bond acceptors (Lipinski definition) is 4. The Kier molecular flexibility index (Phi) is 3.76. The Morgan fingerprint density at radius 2 is 2.06 bits per heavy atom. The van der Waals surface area contributed by atoms with Crippen LogP contribution in [0.3, 0.4) is 0 Å². The molecule has 0 spiro atoms. The molecule has 0 fully saturated rings. The molecule has 0 unspecified atom stereocenters. The molecule has 8 heteroatoms. The highest BCUT2D eigenvalue weighted by Crippen LogP contribution is 2.28. The minimum Gasteiger partial charge on any atom is -0.269 e. The maximum atomic E-state index is 12.2. The lowest BCUT2D eigenvalue weighted by Gasteiger charge is -2.05. The lowest BCUT2D eigenvalue weighted by molar-refractivity contribution is -0.137. The van der Waals surface area contributed by atoms with Gasteiger partial charge in [-0.3, -0.25) is 4.28 Å². The quantitative estimate of drug-likeness (QED) is 0.619. The smallest absolute Gasteiger partial charge is 0.269 e. The van der Waals surface area contributed by atoms with E-state index in [1.165, 1.54) is 0 Å². The average molecular weight is 266 g/mol. The van der Waals surface area contributed by atoms with Gasteiger partial charge in [0.05, 0.1) is 18.0 Å². The Hall–Kier alpha value is -1.57. The van der Waals surface area contributed by atoms with E-state index in [0.29, 0.717) is 0 Å². The number of rotatable bonds is 3. The van der Waals surface area contributed by atoms with Crippen molar-refractivity contribution >= 4 is 16.3 Å². The van der Waals surface area contributed by atoms with Gasteiger partial charge >= 0.3 is 16.3 Å². The van der Waals surface area contributed by atoms with Crippen molar-refractivity contribution < 1.29 is 25.9 Å². The summed E-state index contributed by atoms with van der Waals surface area (Å²) in [6.07, 6.45) is -2.70. The molecule has 0 aromatic heterocycles. The van der Waals surface area contributed by atoms with Crippen molar-refractivity contribution in [3.05, 3.63) is 35.4 Å². The largest absolute Gasteiger partial charge is 0.416 e. The maximum Gasteiger partial charge on any atom is 0.416 e. The van der Waals surface area contributed by atoms with Crippen molar-refractivity contribution in [2.24, 2.45) is 5.16 Å². The second-order valence-corrected chi connectivity index (χ2v) is 4.60. The number of nitrogens with zero attached hydrogens (tertiary/aromatic N) is 1. The number of oxime groups is 1. The Bertz CT molecular complexity index is 505. The summed E-state index contributed by atoms with van der Waals surface area (Å²) >= 11 is 0. The van der Waals surface area contributed by atoms with Gasteiger partial charge in [-0.2, -0.15) is 21.6 Å². The monoisotopic (exact) mass is 266 g/mol. The summed E-state index contributed by atoms with van der Waals surface area (Å²) in [7, 11) is -3.72. The maximum absolute atomic E-state index is 12.2. The topological polar surface area (TPSA) is 55.7 Å². The van der Waals surface area contributed by atoms with Crippen LogP contribution >= 0.6 is 0 Å². The second kappa shape index (κ2) is 4.74. The van der Waals surface area contributed by atoms with Crippen LogP contribution in [0.4, 0.5) is 13.2 Å². The van der Waals surface area contributed by atoms with E-state index in [4.69, 9.17) is 0 Å². The highest BCUT2D eigenvalue weighted by molar-refractivity contribution is 7.85. The molecule has 1 aromatic rings. The van der Waals surface area contributed by atoms with Gasteiger partial charge in [0.1, 0.15) is 0 Å². The summed E-state index contributed by atoms with van der Waals surface area (Å²) < 4.78 is 61.6. The van der Waals surface area contributed by atoms with Crippen LogP contribution in [-0.4, -0.2) is 20.9 Å². The Morgan fingerprint density at radius 1 is 1.41 bits per heavy atom. The minimum absolute atomic E-state index is 0.168. The first-order valence-electron chi connectivity index (χ1n) is 4.19. The number of alkyl halides is 3. The van der Waals surface area contributed by atoms with Gasteiger partial charge in [-0.25, -0.2) is 0 Å². The van der Waals surface area contributed by atoms with Gasteiger partial charge < -0.3 is 0 Å². The van der Waals surface area contributed by atoms with Crippen LogP contribution in [0.25, 0.3) is 0 Å². The second-order valence-electron chi connectivity index (χ2n) is 3.04. The summed E-state index contributed by atoms with van der Waals surface area (Å²) in [5.41, 5.74) is -0.680. The van der Waals surface area contributed by atoms with Gasteiger partial charge in [0.2, 0.25) is 0 Å². The molecule has 0 saturated carbocycles. The zero-order chi connectivity index (χ0) is 13.1. The first-order valence-corrected chi connectivity index (χ1v) is 6.01. The molecule has 0 heterocycles. The minimum atomic E-state index is -4.44. The molecule has 4 nitrogen and oxygen atoms in total. The highest BCUT2D eigenvalue weighted by atomic mass is 32.2. The molecule has 0 amide bonds. The summed E-state index contributed by atoms with van der Waals surface area (Å²) in [6, 6.07) is 4.95. The van der Waals surface area contributed by atoms with Crippen LogP contribution in [0.1, 0.15) is 11.1 Å². The normalized spacial score (nSPS) is 12.9. The fraction of sp³-hybridized carbons (Fsp3) is 0.222. The molecule has 0 saturated heterocycles. The van der Waals surface area contributed by atoms with Crippen LogP contribution in [0, 0.1) is 6.07 Å². The van der Waals surface area contributed by atoms with E-state index in [0.717, 1.165) is 30.7 Å². The summed E-state index contributed by atoms with van der Waals surface area (Å²) in [6.45, 7) is 0. The SMILES string of the molecule is CS(=O)(=O)O/N=C/c1[c]cc(C(F)(F)F)cc1. The Balaban J connectivity index is 2.76. The highest BCUT2D eigenvalue weighted by Gasteiger charge is 2.29. The van der Waals surface area contributed by atoms with Crippen molar-refractivity contribution in [2.75, 3.05) is 6.26 Å². The van der Waals surface area contributed by atoms with E-state index in [1.54, 1.807) is 0 Å². The molecule has 1 aromatic carbocycles. The van der Waals surface area contributed by atoms with Crippen molar-refractivity contribution in [3.8, 4) is 0 Å². The molecule has 93 valence electrons. The number of hydrogen-bond donors (Lipinski definition) is 0. The van der Waals surface area contributed by atoms with E-state index in [9.17, 15) is 21.6 Å². The third-order valence-electron chi connectivity index (χ3n) is 1.53. The first kappa shape index (κ1) is 13.5. The number of halogens is 3. The molecular formula is C9H7F3NO3S. The molecule has 0 bridgehead atoms. The Labute approximate surface area is 95.8 Å². The van der Waals surface area contributed by atoms with Crippen LogP contribution in [0.2, 0.25) is 0 Å². The van der Waals surface area contributed by atoms with Crippen molar-refractivity contribution in [2.45, 2.75) is 6.18 Å². The summed E-state index contributed by atoms with van der Waals surface area (Å²) in [5, 5.41) is 3.08. The third kappa shape index (κ3) is 4.85. The molecule has 0 aliphatic carbocycles. The molecular weight excluding hydrogens is 259 g/mol. The summed E-state index contributed by atoms with van der Waals surface area (Å²) in [5.74, 6) is 0. The fourth-order valence-corrected chi connectivity index (χ4v) is 1.05. The fourth-order valence-electron chi connectivity index (χ4n) is 0.850. The van der Waals surface area contributed by atoms with Crippen LogP contribution in [0.5, 0.6) is 0 Å². The van der Waals surface area contributed by atoms with Gasteiger partial charge in [0.15, 0.2) is 0 Å². The lowest BCUT2D eigenvalue weighted by atomic mass is 10.1. The van der Waals surface area contributed by atoms with E-state index in [2.05, 4.69) is 15.5 Å². The summed E-state index contributed by atoms with van der Waals surface area (Å²) in [4.78, 5) is 0. The van der Waals surface area contributed by atoms with E-state index in [-0.39, 0.29) is 5.56 Å². The third-order valence-corrected chi connectivity index (χ3v) is 1.89. The molecule has 1 radical (unpaired) electrons. The first-order chi connectivity index (χ1) is 7.68. The Morgan fingerprint density at radius 3 is 2.47 bits per heavy atom. The molecule has 0 aliphatic rings. The number of benzene rings is 1. The molecule has 0 atom stereocenters. The van der Waals surface area contributed by atoms with Crippen molar-refractivity contribution in [3.63, 3.8) is 0 Å². The average Bonchev–Trinajstić information content (AvgIpc) is 2.15. The van der Waals surface area contributed by atoms with Crippen LogP contribution in [-0.2, 0) is 20.6 Å².